The van der Waals surface area contributed by atoms with Gasteiger partial charge in [0.1, 0.15) is 0 Å². The molecule has 2 N–H and O–H groups in total. The van der Waals surface area contributed by atoms with E-state index in [2.05, 4.69) is 40.8 Å². The summed E-state index contributed by atoms with van der Waals surface area (Å²) in [4.78, 5) is 16.1. The maximum atomic E-state index is 11.1. The van der Waals surface area contributed by atoms with Crippen molar-refractivity contribution in [2.24, 2.45) is 23.0 Å². The van der Waals surface area contributed by atoms with Gasteiger partial charge in [0.25, 0.3) is 5.91 Å². The lowest BCUT2D eigenvalue weighted by Crippen LogP contribution is -2.44. The predicted octanol–water partition coefficient (Wildman–Crippen LogP) is 3.72. The lowest BCUT2D eigenvalue weighted by atomic mass is 9.70. The molecule has 0 saturated carbocycles. The highest BCUT2D eigenvalue weighted by Crippen LogP contribution is 2.41. The van der Waals surface area contributed by atoms with Crippen molar-refractivity contribution in [1.29, 1.82) is 0 Å². The summed E-state index contributed by atoms with van der Waals surface area (Å²) in [5.41, 5.74) is 6.06. The van der Waals surface area contributed by atoms with Gasteiger partial charge in [0.05, 0.1) is 0 Å². The monoisotopic (exact) mass is 401 g/mol. The number of primary amides is 1. The van der Waals surface area contributed by atoms with Crippen LogP contribution in [0.15, 0.2) is 12.1 Å². The number of hydrogen-bond acceptors (Lipinski definition) is 5. The number of nitrogens with two attached hydrogens (primary N) is 1. The van der Waals surface area contributed by atoms with E-state index in [4.69, 9.17) is 5.73 Å². The minimum Gasteiger partial charge on any atom is -0.364 e. The Morgan fingerprint density at radius 1 is 1.17 bits per heavy atom. The number of amides is 1. The molecule has 0 bridgehead atoms. The fraction of sp³-hybridized carbons (Fsp3) is 0.783. The van der Waals surface area contributed by atoms with Gasteiger partial charge < -0.3 is 15.5 Å². The molecule has 2 fully saturated rings. The van der Waals surface area contributed by atoms with Gasteiger partial charge in [-0.1, -0.05) is 33.6 Å². The molecule has 2 aliphatic heterocycles. The molecule has 1 amide bonds. The van der Waals surface area contributed by atoms with Crippen LogP contribution in [0, 0.1) is 17.3 Å². The average molecular weight is 402 g/mol. The molecule has 0 aliphatic carbocycles. The van der Waals surface area contributed by atoms with Gasteiger partial charge >= 0.3 is 0 Å². The molecule has 0 spiro atoms. The van der Waals surface area contributed by atoms with Crippen molar-refractivity contribution in [3.05, 3.63) is 17.8 Å². The van der Waals surface area contributed by atoms with Gasteiger partial charge in [0.2, 0.25) is 0 Å². The van der Waals surface area contributed by atoms with Crippen LogP contribution in [-0.4, -0.2) is 53.7 Å². The fourth-order valence-corrected chi connectivity index (χ4v) is 5.13. The molecule has 3 heterocycles. The lowest BCUT2D eigenvalue weighted by Gasteiger charge is -2.44. The van der Waals surface area contributed by atoms with Gasteiger partial charge in [-0.05, 0) is 74.6 Å². The summed E-state index contributed by atoms with van der Waals surface area (Å²) in [5.74, 6) is 1.95. The van der Waals surface area contributed by atoms with E-state index in [1.165, 1.54) is 64.6 Å². The zero-order valence-corrected chi connectivity index (χ0v) is 18.6. The van der Waals surface area contributed by atoms with Gasteiger partial charge in [0, 0.05) is 19.6 Å². The summed E-state index contributed by atoms with van der Waals surface area (Å²) >= 11 is 0. The molecule has 1 atom stereocenters. The predicted molar refractivity (Wildman–Crippen MR) is 118 cm³/mol. The number of hydrogen-bond donors (Lipinski definition) is 1. The minimum absolute atomic E-state index is 0.227. The average Bonchev–Trinajstić information content (AvgIpc) is 2.76. The third-order valence-corrected chi connectivity index (χ3v) is 7.50. The lowest BCUT2D eigenvalue weighted by molar-refractivity contribution is 0.0651. The van der Waals surface area contributed by atoms with Crippen LogP contribution in [-0.2, 0) is 0 Å². The van der Waals surface area contributed by atoms with Crippen LogP contribution in [0.4, 0.5) is 5.82 Å². The third kappa shape index (κ3) is 5.68. The molecule has 1 aromatic heterocycles. The Morgan fingerprint density at radius 2 is 1.86 bits per heavy atom. The highest BCUT2D eigenvalue weighted by atomic mass is 16.1. The first-order chi connectivity index (χ1) is 13.9. The molecule has 3 rings (SSSR count). The SMILES string of the molecule is CCC(C)CC1(CC)CCN(CC2CCN(c3ccc(C(N)=O)nn3)CC2)CC1. The molecular weight excluding hydrogens is 362 g/mol. The molecular formula is C23H39N5O. The summed E-state index contributed by atoms with van der Waals surface area (Å²) in [7, 11) is 0. The van der Waals surface area contributed by atoms with Gasteiger partial charge in [-0.25, -0.2) is 0 Å². The first-order valence-corrected chi connectivity index (χ1v) is 11.6. The first kappa shape index (κ1) is 22.0. The summed E-state index contributed by atoms with van der Waals surface area (Å²) in [6.45, 7) is 12.9. The van der Waals surface area contributed by atoms with Crippen LogP contribution in [0.5, 0.6) is 0 Å². The normalized spacial score (nSPS) is 21.8. The van der Waals surface area contributed by atoms with Crippen molar-refractivity contribution in [2.45, 2.75) is 65.7 Å². The van der Waals surface area contributed by atoms with Crippen molar-refractivity contribution >= 4 is 11.7 Å². The van der Waals surface area contributed by atoms with Crippen molar-refractivity contribution in [1.82, 2.24) is 15.1 Å². The molecule has 162 valence electrons. The van der Waals surface area contributed by atoms with Gasteiger partial charge in [-0.3, -0.25) is 4.79 Å². The maximum absolute atomic E-state index is 11.1. The zero-order valence-electron chi connectivity index (χ0n) is 18.6. The Kier molecular flexibility index (Phi) is 7.49. The van der Waals surface area contributed by atoms with E-state index in [0.717, 1.165) is 30.7 Å². The quantitative estimate of drug-likeness (QED) is 0.718. The Hall–Kier alpha value is -1.69. The summed E-state index contributed by atoms with van der Waals surface area (Å²) in [6, 6.07) is 3.53. The number of carbonyl (C=O) groups is 1. The van der Waals surface area contributed by atoms with Crippen LogP contribution in [0.25, 0.3) is 0 Å². The highest BCUT2D eigenvalue weighted by molar-refractivity contribution is 5.90. The Labute approximate surface area is 176 Å². The molecule has 0 aromatic carbocycles. The second-order valence-electron chi connectivity index (χ2n) is 9.44. The molecule has 29 heavy (non-hydrogen) atoms. The number of likely N-dealkylation sites (tertiary alicyclic amines) is 1. The Bertz CT molecular complexity index is 646. The largest absolute Gasteiger partial charge is 0.364 e. The van der Waals surface area contributed by atoms with Crippen molar-refractivity contribution in [3.8, 4) is 0 Å². The topological polar surface area (TPSA) is 75.3 Å². The van der Waals surface area contributed by atoms with Crippen LogP contribution >= 0.6 is 0 Å². The first-order valence-electron chi connectivity index (χ1n) is 11.6. The fourth-order valence-electron chi connectivity index (χ4n) is 5.13. The summed E-state index contributed by atoms with van der Waals surface area (Å²) in [6.07, 6.45) is 9.17. The van der Waals surface area contributed by atoms with E-state index in [1.807, 2.05) is 6.07 Å². The Balaban J connectivity index is 1.44. The van der Waals surface area contributed by atoms with E-state index in [0.29, 0.717) is 5.41 Å². The van der Waals surface area contributed by atoms with Crippen molar-refractivity contribution in [3.63, 3.8) is 0 Å². The van der Waals surface area contributed by atoms with Gasteiger partial charge in [0.15, 0.2) is 11.5 Å². The van der Waals surface area contributed by atoms with Gasteiger partial charge in [-0.15, -0.1) is 10.2 Å². The molecule has 6 heteroatoms. The molecule has 1 unspecified atom stereocenters. The Morgan fingerprint density at radius 3 is 2.38 bits per heavy atom. The number of anilines is 1. The second kappa shape index (κ2) is 9.88. The van der Waals surface area contributed by atoms with Crippen LogP contribution in [0.3, 0.4) is 0 Å². The summed E-state index contributed by atoms with van der Waals surface area (Å²) < 4.78 is 0. The van der Waals surface area contributed by atoms with Crippen molar-refractivity contribution < 1.29 is 4.79 Å². The maximum Gasteiger partial charge on any atom is 0.269 e. The third-order valence-electron chi connectivity index (χ3n) is 7.50. The molecule has 2 aliphatic rings. The minimum atomic E-state index is -0.527. The number of piperidine rings is 2. The number of carbonyl (C=O) groups excluding carboxylic acids is 1. The molecule has 2 saturated heterocycles. The summed E-state index contributed by atoms with van der Waals surface area (Å²) in [5, 5.41) is 8.12. The molecule has 0 radical (unpaired) electrons. The number of rotatable bonds is 8. The number of nitrogens with zero attached hydrogens (tertiary/aromatic N) is 4. The molecule has 1 aromatic rings. The van der Waals surface area contributed by atoms with Crippen LogP contribution in [0.2, 0.25) is 0 Å². The van der Waals surface area contributed by atoms with Gasteiger partial charge in [-0.2, -0.15) is 0 Å². The van der Waals surface area contributed by atoms with E-state index < -0.39 is 5.91 Å². The van der Waals surface area contributed by atoms with Crippen molar-refractivity contribution in [2.75, 3.05) is 37.6 Å². The second-order valence-corrected chi connectivity index (χ2v) is 9.44. The standard InChI is InChI=1S/C23H39N5O/c1-4-18(3)16-23(5-2)10-14-27(15-11-23)17-19-8-12-28(13-9-19)21-7-6-20(22(24)29)25-26-21/h6-7,18-19H,4-5,8-17H2,1-3H3,(H2,24,29). The smallest absolute Gasteiger partial charge is 0.269 e. The van der Waals surface area contributed by atoms with E-state index in [9.17, 15) is 4.79 Å². The van der Waals surface area contributed by atoms with E-state index in [-0.39, 0.29) is 5.69 Å². The van der Waals surface area contributed by atoms with E-state index >= 15 is 0 Å². The number of aromatic nitrogens is 2. The van der Waals surface area contributed by atoms with Crippen LogP contribution < -0.4 is 10.6 Å². The molecule has 6 nitrogen and oxygen atoms in total. The van der Waals surface area contributed by atoms with E-state index in [1.54, 1.807) is 6.07 Å². The highest BCUT2D eigenvalue weighted by Gasteiger charge is 2.34. The zero-order chi connectivity index (χ0) is 20.9. The van der Waals surface area contributed by atoms with Crippen LogP contribution in [0.1, 0.15) is 76.2 Å².